The van der Waals surface area contributed by atoms with Crippen LogP contribution in [0.5, 0.6) is 0 Å². The van der Waals surface area contributed by atoms with Crippen LogP contribution in [0.1, 0.15) is 10.6 Å². The first-order valence-corrected chi connectivity index (χ1v) is 4.07. The quantitative estimate of drug-likeness (QED) is 0.634. The third-order valence-corrected chi connectivity index (χ3v) is 1.66. The fourth-order valence-corrected chi connectivity index (χ4v) is 0.993. The van der Waals surface area contributed by atoms with E-state index >= 15 is 0 Å². The van der Waals surface area contributed by atoms with Crippen molar-refractivity contribution in [3.05, 3.63) is 30.7 Å². The van der Waals surface area contributed by atoms with Crippen LogP contribution in [0.3, 0.4) is 0 Å². The molecular weight excluding hydrogens is 198 g/mol. The minimum Gasteiger partial charge on any atom is -0.463 e. The first-order valence-electron chi connectivity index (χ1n) is 4.07. The summed E-state index contributed by atoms with van der Waals surface area (Å²) in [5.41, 5.74) is 0. The molecule has 0 bridgehead atoms. The smallest absolute Gasteiger partial charge is 0.376 e. The van der Waals surface area contributed by atoms with Crippen molar-refractivity contribution in [2.75, 3.05) is 7.11 Å². The van der Waals surface area contributed by atoms with Gasteiger partial charge in [0.15, 0.2) is 5.82 Å². The Bertz CT molecular complexity index is 468. The number of hydrogen-bond acceptors (Lipinski definition) is 6. The summed E-state index contributed by atoms with van der Waals surface area (Å²) >= 11 is 0. The Morgan fingerprint density at radius 1 is 1.53 bits per heavy atom. The average Bonchev–Trinajstić information content (AvgIpc) is 2.82. The normalized spacial score (nSPS) is 9.93. The topological polar surface area (TPSA) is 82.8 Å². The number of carbonyl (C=O) groups is 1. The summed E-state index contributed by atoms with van der Waals surface area (Å²) in [5.74, 6) is -0.134. The molecule has 0 N–H and O–H groups in total. The number of ether oxygens (including phenoxy) is 1. The van der Waals surface area contributed by atoms with E-state index in [1.807, 2.05) is 0 Å². The number of methoxy groups -OCH3 is 1. The van der Waals surface area contributed by atoms with Crippen LogP contribution in [0.2, 0.25) is 0 Å². The van der Waals surface area contributed by atoms with Gasteiger partial charge < -0.3 is 4.74 Å². The zero-order valence-corrected chi connectivity index (χ0v) is 7.86. The molecular formula is C8H7N5O2. The summed E-state index contributed by atoms with van der Waals surface area (Å²) in [5, 5.41) is 3.88. The van der Waals surface area contributed by atoms with Crippen LogP contribution in [-0.2, 0) is 4.74 Å². The number of aromatic nitrogens is 5. The van der Waals surface area contributed by atoms with E-state index in [1.54, 1.807) is 6.07 Å². The lowest BCUT2D eigenvalue weighted by Crippen LogP contribution is -2.09. The number of carbonyl (C=O) groups excluding carboxylic acids is 1. The fraction of sp³-hybridized carbons (Fsp3) is 0.125. The monoisotopic (exact) mass is 205 g/mol. The summed E-state index contributed by atoms with van der Waals surface area (Å²) in [6, 6.07) is 1.61. The maximum Gasteiger partial charge on any atom is 0.376 e. The Labute approximate surface area is 84.8 Å². The van der Waals surface area contributed by atoms with Gasteiger partial charge in [-0.1, -0.05) is 0 Å². The lowest BCUT2D eigenvalue weighted by molar-refractivity contribution is 0.0586. The first-order chi connectivity index (χ1) is 7.31. The predicted molar refractivity (Wildman–Crippen MR) is 48.3 cm³/mol. The van der Waals surface area contributed by atoms with E-state index in [9.17, 15) is 4.79 Å². The van der Waals surface area contributed by atoms with Crippen LogP contribution >= 0.6 is 0 Å². The lowest BCUT2D eigenvalue weighted by atomic mass is 10.5. The van der Waals surface area contributed by atoms with Gasteiger partial charge in [0.05, 0.1) is 7.11 Å². The van der Waals surface area contributed by atoms with Crippen LogP contribution in [0.15, 0.2) is 24.9 Å². The van der Waals surface area contributed by atoms with Gasteiger partial charge >= 0.3 is 5.97 Å². The standard InChI is InChI=1S/C8H7N5O2/c1-15-8(14)7-10-3-2-6(12-7)13-5-9-4-11-13/h2-5H,1H3. The molecule has 0 amide bonds. The summed E-state index contributed by atoms with van der Waals surface area (Å²) in [4.78, 5) is 22.6. The van der Waals surface area contributed by atoms with Gasteiger partial charge in [-0.25, -0.2) is 24.4 Å². The Kier molecular flexibility index (Phi) is 2.36. The zero-order chi connectivity index (χ0) is 10.7. The van der Waals surface area contributed by atoms with Gasteiger partial charge in [-0.05, 0) is 0 Å². The van der Waals surface area contributed by atoms with E-state index in [2.05, 4.69) is 24.8 Å². The van der Waals surface area contributed by atoms with Gasteiger partial charge in [-0.2, -0.15) is 5.10 Å². The molecule has 0 radical (unpaired) electrons. The molecule has 0 saturated heterocycles. The van der Waals surface area contributed by atoms with Crippen molar-refractivity contribution >= 4 is 5.97 Å². The minimum absolute atomic E-state index is 0.00880. The van der Waals surface area contributed by atoms with Crippen LogP contribution in [0.25, 0.3) is 5.82 Å². The first kappa shape index (κ1) is 9.25. The van der Waals surface area contributed by atoms with Gasteiger partial charge in [-0.15, -0.1) is 0 Å². The zero-order valence-electron chi connectivity index (χ0n) is 7.86. The minimum atomic E-state index is -0.586. The molecule has 0 spiro atoms. The largest absolute Gasteiger partial charge is 0.463 e. The third-order valence-electron chi connectivity index (χ3n) is 1.66. The SMILES string of the molecule is COC(=O)c1nccc(-n2cncn2)n1. The molecule has 15 heavy (non-hydrogen) atoms. The molecule has 0 atom stereocenters. The van der Waals surface area contributed by atoms with Gasteiger partial charge in [0.25, 0.3) is 0 Å². The van der Waals surface area contributed by atoms with E-state index in [0.717, 1.165) is 0 Å². The van der Waals surface area contributed by atoms with Crippen molar-refractivity contribution in [3.63, 3.8) is 0 Å². The van der Waals surface area contributed by atoms with Crippen molar-refractivity contribution in [1.82, 2.24) is 24.7 Å². The summed E-state index contributed by atoms with van der Waals surface area (Å²) in [6.45, 7) is 0. The molecule has 0 aliphatic heterocycles. The molecule has 0 aromatic carbocycles. The van der Waals surface area contributed by atoms with Crippen molar-refractivity contribution < 1.29 is 9.53 Å². The third kappa shape index (κ3) is 1.80. The van der Waals surface area contributed by atoms with Crippen LogP contribution in [0, 0.1) is 0 Å². The van der Waals surface area contributed by atoms with Gasteiger partial charge in [0.2, 0.25) is 5.82 Å². The Morgan fingerprint density at radius 2 is 2.40 bits per heavy atom. The highest BCUT2D eigenvalue weighted by molar-refractivity contribution is 5.85. The van der Waals surface area contributed by atoms with Gasteiger partial charge in [0, 0.05) is 12.3 Å². The van der Waals surface area contributed by atoms with Gasteiger partial charge in [-0.3, -0.25) is 0 Å². The molecule has 2 rings (SSSR count). The molecule has 7 nitrogen and oxygen atoms in total. The molecule has 7 heteroatoms. The second kappa shape index (κ2) is 3.82. The second-order valence-electron chi connectivity index (χ2n) is 2.57. The van der Waals surface area contributed by atoms with Gasteiger partial charge in [0.1, 0.15) is 12.7 Å². The van der Waals surface area contributed by atoms with Crippen molar-refractivity contribution in [3.8, 4) is 5.82 Å². The number of esters is 1. The molecule has 2 aromatic rings. The molecule has 76 valence electrons. The molecule has 2 aromatic heterocycles. The lowest BCUT2D eigenvalue weighted by Gasteiger charge is -2.00. The summed E-state index contributed by atoms with van der Waals surface area (Å²) < 4.78 is 5.92. The highest BCUT2D eigenvalue weighted by Gasteiger charge is 2.10. The Hall–Kier alpha value is -2.31. The number of rotatable bonds is 2. The maximum absolute atomic E-state index is 11.1. The van der Waals surface area contributed by atoms with Crippen molar-refractivity contribution in [2.24, 2.45) is 0 Å². The summed E-state index contributed by atoms with van der Waals surface area (Å²) in [6.07, 6.45) is 4.31. The molecule has 0 fully saturated rings. The highest BCUT2D eigenvalue weighted by Crippen LogP contribution is 2.01. The van der Waals surface area contributed by atoms with Crippen molar-refractivity contribution in [2.45, 2.75) is 0 Å². The van der Waals surface area contributed by atoms with Crippen LogP contribution in [-0.4, -0.2) is 37.8 Å². The highest BCUT2D eigenvalue weighted by atomic mass is 16.5. The van der Waals surface area contributed by atoms with E-state index in [1.165, 1.54) is 30.6 Å². The van der Waals surface area contributed by atoms with E-state index in [4.69, 9.17) is 0 Å². The van der Waals surface area contributed by atoms with Crippen LogP contribution < -0.4 is 0 Å². The molecule has 0 aliphatic rings. The van der Waals surface area contributed by atoms with E-state index in [-0.39, 0.29) is 5.82 Å². The number of hydrogen-bond donors (Lipinski definition) is 0. The molecule has 0 aliphatic carbocycles. The molecule has 0 saturated carbocycles. The molecule has 0 unspecified atom stereocenters. The fourth-order valence-electron chi connectivity index (χ4n) is 0.993. The van der Waals surface area contributed by atoms with Crippen molar-refractivity contribution in [1.29, 1.82) is 0 Å². The average molecular weight is 205 g/mol. The molecule has 2 heterocycles. The second-order valence-corrected chi connectivity index (χ2v) is 2.57. The number of nitrogens with zero attached hydrogens (tertiary/aromatic N) is 5. The Balaban J connectivity index is 2.39. The Morgan fingerprint density at radius 3 is 3.07 bits per heavy atom. The predicted octanol–water partition coefficient (Wildman–Crippen LogP) is -0.156. The maximum atomic E-state index is 11.1. The van der Waals surface area contributed by atoms with Crippen LogP contribution in [0.4, 0.5) is 0 Å². The summed E-state index contributed by atoms with van der Waals surface area (Å²) in [7, 11) is 1.27. The van der Waals surface area contributed by atoms with E-state index in [0.29, 0.717) is 5.82 Å². The van der Waals surface area contributed by atoms with E-state index < -0.39 is 5.97 Å².